The maximum absolute atomic E-state index is 12.2. The zero-order chi connectivity index (χ0) is 46.4. The van der Waals surface area contributed by atoms with Gasteiger partial charge in [0.05, 0.1) is 56.1 Å². The van der Waals surface area contributed by atoms with Crippen LogP contribution in [0.25, 0.3) is 0 Å². The Hall–Kier alpha value is -4.47. The number of carbonyl (C=O) groups excluding carboxylic acids is 3. The lowest BCUT2D eigenvalue weighted by Crippen LogP contribution is -2.46. The minimum absolute atomic E-state index is 0.0464. The molecule has 4 aromatic carbocycles. The van der Waals surface area contributed by atoms with Crippen LogP contribution in [0, 0.1) is 0 Å². The average Bonchev–Trinajstić information content (AvgIpc) is 3.33. The van der Waals surface area contributed by atoms with Gasteiger partial charge in [0.15, 0.2) is 6.73 Å². The molecule has 0 aliphatic carbocycles. The average molecular weight is 985 g/mol. The summed E-state index contributed by atoms with van der Waals surface area (Å²) in [6.07, 6.45) is 6.24. The van der Waals surface area contributed by atoms with Crippen LogP contribution < -0.4 is 29.1 Å². The monoisotopic (exact) mass is 982 g/mol. The van der Waals surface area contributed by atoms with E-state index in [9.17, 15) is 19.5 Å². The Morgan fingerprint density at radius 3 is 1.45 bits per heavy atom. The maximum atomic E-state index is 12.2. The van der Waals surface area contributed by atoms with E-state index in [1.165, 1.54) is 9.80 Å². The number of benzene rings is 4. The fourth-order valence-electron chi connectivity index (χ4n) is 8.77. The maximum Gasteiger partial charge on any atom is 0.294 e. The summed E-state index contributed by atoms with van der Waals surface area (Å²) in [7, 11) is 0. The zero-order valence-corrected chi connectivity index (χ0v) is 40.2. The highest BCUT2D eigenvalue weighted by molar-refractivity contribution is 6.44. The van der Waals surface area contributed by atoms with Gasteiger partial charge in [-0.3, -0.25) is 34.0 Å². The van der Waals surface area contributed by atoms with E-state index in [1.54, 1.807) is 0 Å². The molecule has 0 atom stereocenters. The molecule has 2 amide bonds. The summed E-state index contributed by atoms with van der Waals surface area (Å²) >= 11 is 25.0. The van der Waals surface area contributed by atoms with Crippen LogP contribution >= 0.6 is 46.4 Å². The molecule has 0 saturated carbocycles. The molecule has 0 bridgehead atoms. The fraction of sp³-hybridized carbons (Fsp3) is 0.449. The number of fused-ring (bicyclic) bond motifs is 2. The second-order valence-electron chi connectivity index (χ2n) is 16.7. The molecule has 66 heavy (non-hydrogen) atoms. The van der Waals surface area contributed by atoms with Crippen LogP contribution in [0.15, 0.2) is 72.8 Å². The van der Waals surface area contributed by atoms with Gasteiger partial charge < -0.3 is 29.1 Å². The van der Waals surface area contributed by atoms with E-state index in [1.807, 2.05) is 72.8 Å². The van der Waals surface area contributed by atoms with Crippen molar-refractivity contribution in [3.8, 4) is 11.5 Å². The lowest BCUT2D eigenvalue weighted by Gasteiger charge is -2.36. The highest BCUT2D eigenvalue weighted by atomic mass is 35.5. The number of piperazine rings is 2. The van der Waals surface area contributed by atoms with E-state index in [0.717, 1.165) is 137 Å². The molecule has 4 aliphatic rings. The van der Waals surface area contributed by atoms with Gasteiger partial charge in [-0.25, -0.2) is 0 Å². The summed E-state index contributed by atoms with van der Waals surface area (Å²) in [5, 5.41) is 12.0. The predicted octanol–water partition coefficient (Wildman–Crippen LogP) is 8.59. The van der Waals surface area contributed by atoms with Crippen LogP contribution in [0.2, 0.25) is 20.1 Å². The Bertz CT molecular complexity index is 2270. The summed E-state index contributed by atoms with van der Waals surface area (Å²) in [5.41, 5.74) is 5.67. The lowest BCUT2D eigenvalue weighted by atomic mass is 10.0. The molecule has 0 aromatic heterocycles. The van der Waals surface area contributed by atoms with Gasteiger partial charge >= 0.3 is 0 Å². The zero-order valence-electron chi connectivity index (χ0n) is 37.2. The number of aryl methyl sites for hydroxylation is 2. The van der Waals surface area contributed by atoms with Crippen LogP contribution in [-0.2, 0) is 32.0 Å². The van der Waals surface area contributed by atoms with Crippen LogP contribution in [0.5, 0.6) is 11.5 Å². The van der Waals surface area contributed by atoms with Crippen LogP contribution in [0.3, 0.4) is 0 Å². The standard InChI is InChI=1S/C25H29Cl2N3O4.C24H29Cl2N3O3/c26-21-4-3-5-22(25(21)27)29-13-11-28(12-14-29)10-1-2-15-34-20-8-6-19-7-9-24(32)30(17-33-18-31)23(19)16-20;25-20-4-3-5-21(24(20)26)28-13-11-27(12-14-28)10-1-2-15-32-19-8-6-18-7-9-23(31)29(17-30)22(18)16-19/h3-6,8,16,18H,1-2,7,9-15,17H2;3-6,8,16,30H,1-2,7,9-15,17H2. The Morgan fingerprint density at radius 1 is 0.545 bits per heavy atom. The number of hydrogen-bond donors (Lipinski definition) is 1. The number of nitrogens with zero attached hydrogens (tertiary/aromatic N) is 6. The van der Waals surface area contributed by atoms with Gasteiger partial charge in [0.2, 0.25) is 11.8 Å². The van der Waals surface area contributed by atoms with Gasteiger partial charge in [0.25, 0.3) is 6.47 Å². The van der Waals surface area contributed by atoms with Crippen molar-refractivity contribution in [3.63, 3.8) is 0 Å². The van der Waals surface area contributed by atoms with E-state index >= 15 is 0 Å². The van der Waals surface area contributed by atoms with Gasteiger partial charge in [-0.1, -0.05) is 70.7 Å². The predicted molar refractivity (Wildman–Crippen MR) is 263 cm³/mol. The summed E-state index contributed by atoms with van der Waals surface area (Å²) < 4.78 is 16.7. The Morgan fingerprint density at radius 2 is 1.00 bits per heavy atom. The molecule has 2 fully saturated rings. The van der Waals surface area contributed by atoms with Crippen molar-refractivity contribution in [2.75, 3.05) is 112 Å². The van der Waals surface area contributed by atoms with Crippen molar-refractivity contribution < 1.29 is 33.7 Å². The van der Waals surface area contributed by atoms with Gasteiger partial charge in [0, 0.05) is 77.3 Å². The van der Waals surface area contributed by atoms with E-state index < -0.39 is 0 Å². The summed E-state index contributed by atoms with van der Waals surface area (Å²) in [5.74, 6) is 1.36. The van der Waals surface area contributed by atoms with E-state index in [4.69, 9.17) is 60.6 Å². The molecule has 4 aromatic rings. The normalized spacial score (nSPS) is 16.6. The van der Waals surface area contributed by atoms with E-state index in [2.05, 4.69) is 19.6 Å². The minimum atomic E-state index is -0.300. The van der Waals surface area contributed by atoms with Crippen molar-refractivity contribution in [2.45, 2.75) is 51.4 Å². The molecule has 4 aliphatic heterocycles. The topological polar surface area (TPSA) is 119 Å². The third-order valence-corrected chi connectivity index (χ3v) is 14.1. The number of rotatable bonds is 18. The SMILES string of the molecule is O=C1CCc2ccc(OCCCCN3CCN(c4cccc(Cl)c4Cl)CC3)cc2N1CO.O=COCN1C(=O)CCc2ccc(OCCCCN3CCN(c4cccc(Cl)c4Cl)CC3)cc21. The summed E-state index contributed by atoms with van der Waals surface area (Å²) in [4.78, 5) is 47.2. The molecule has 17 heteroatoms. The molecular formula is C49H58Cl4N6O7. The van der Waals surface area contributed by atoms with Crippen LogP contribution in [0.1, 0.15) is 49.7 Å². The van der Waals surface area contributed by atoms with Gasteiger partial charge in [0.1, 0.15) is 18.2 Å². The number of aliphatic hydroxyl groups is 1. The molecule has 0 spiro atoms. The molecule has 354 valence electrons. The number of anilines is 4. The Kier molecular flexibility index (Phi) is 18.4. The highest BCUT2D eigenvalue weighted by Crippen LogP contribution is 2.36. The molecule has 4 heterocycles. The minimum Gasteiger partial charge on any atom is -0.494 e. The van der Waals surface area contributed by atoms with E-state index in [0.29, 0.717) is 65.5 Å². The molecule has 1 N–H and O–H groups in total. The number of hydrogen-bond acceptors (Lipinski definition) is 11. The van der Waals surface area contributed by atoms with Gasteiger partial charge in [-0.2, -0.15) is 0 Å². The number of carbonyl (C=O) groups is 3. The first kappa shape index (κ1) is 49.4. The number of unbranched alkanes of at least 4 members (excludes halogenated alkanes) is 2. The molecule has 13 nitrogen and oxygen atoms in total. The number of amides is 2. The summed E-state index contributed by atoms with van der Waals surface area (Å²) in [6.45, 7) is 11.0. The first-order valence-electron chi connectivity index (χ1n) is 22.7. The number of ether oxygens (including phenoxy) is 3. The summed E-state index contributed by atoms with van der Waals surface area (Å²) in [6, 6.07) is 23.1. The van der Waals surface area contributed by atoms with E-state index in [-0.39, 0.29) is 25.3 Å². The molecular weight excluding hydrogens is 926 g/mol. The Balaban J connectivity index is 0.000000197. The smallest absolute Gasteiger partial charge is 0.294 e. The first-order valence-corrected chi connectivity index (χ1v) is 24.3. The van der Waals surface area contributed by atoms with Crippen molar-refractivity contribution in [1.29, 1.82) is 0 Å². The van der Waals surface area contributed by atoms with Crippen molar-refractivity contribution in [2.24, 2.45) is 0 Å². The molecule has 0 radical (unpaired) electrons. The van der Waals surface area contributed by atoms with Gasteiger partial charge in [-0.15, -0.1) is 0 Å². The number of halogens is 4. The van der Waals surface area contributed by atoms with Crippen LogP contribution in [0.4, 0.5) is 22.7 Å². The number of aliphatic hydroxyl groups excluding tert-OH is 1. The Labute approximate surface area is 407 Å². The largest absolute Gasteiger partial charge is 0.494 e. The quantitative estimate of drug-likeness (QED) is 0.0764. The first-order chi connectivity index (χ1) is 32.1. The third-order valence-electron chi connectivity index (χ3n) is 12.5. The van der Waals surface area contributed by atoms with Gasteiger partial charge in [-0.05, 0) is 99.1 Å². The van der Waals surface area contributed by atoms with Crippen molar-refractivity contribution >= 4 is 87.4 Å². The second kappa shape index (κ2) is 24.5. The molecule has 8 rings (SSSR count). The van der Waals surface area contributed by atoms with Crippen molar-refractivity contribution in [1.82, 2.24) is 9.80 Å². The third kappa shape index (κ3) is 12.9. The second-order valence-corrected chi connectivity index (χ2v) is 18.2. The fourth-order valence-corrected chi connectivity index (χ4v) is 9.60. The molecule has 0 unspecified atom stereocenters. The highest BCUT2D eigenvalue weighted by Gasteiger charge is 2.26. The lowest BCUT2D eigenvalue weighted by molar-refractivity contribution is -0.130. The van der Waals surface area contributed by atoms with Crippen molar-refractivity contribution in [3.05, 3.63) is 104 Å². The molecule has 2 saturated heterocycles. The van der Waals surface area contributed by atoms with Crippen LogP contribution in [-0.4, -0.2) is 125 Å².